The molecule has 2 aliphatic heterocycles. The van der Waals surface area contributed by atoms with E-state index in [4.69, 9.17) is 55.9 Å². The van der Waals surface area contributed by atoms with Crippen molar-refractivity contribution in [3.63, 3.8) is 0 Å². The van der Waals surface area contributed by atoms with Gasteiger partial charge in [-0.05, 0) is 103 Å². The molecule has 1 unspecified atom stereocenters. The van der Waals surface area contributed by atoms with Crippen LogP contribution in [0.1, 0.15) is 118 Å². The van der Waals surface area contributed by atoms with Crippen molar-refractivity contribution in [3.05, 3.63) is 78.9 Å². The number of rotatable bonds is 12. The van der Waals surface area contributed by atoms with Crippen LogP contribution in [0.5, 0.6) is 0 Å². The molecule has 2 aromatic carbocycles. The van der Waals surface area contributed by atoms with Gasteiger partial charge in [-0.2, -0.15) is 21.6 Å². The Hall–Kier alpha value is -3.97. The van der Waals surface area contributed by atoms with Gasteiger partial charge in [0.05, 0.1) is 37.7 Å². The summed E-state index contributed by atoms with van der Waals surface area (Å²) >= 11 is 24.9. The molecule has 2 aromatic rings. The van der Waals surface area contributed by atoms with Crippen LogP contribution in [0.3, 0.4) is 0 Å². The lowest BCUT2D eigenvalue weighted by atomic mass is 9.85. The van der Waals surface area contributed by atoms with Gasteiger partial charge in [-0.1, -0.05) is 84.5 Å². The molecule has 1 saturated heterocycles. The zero-order valence-electron chi connectivity index (χ0n) is 39.8. The maximum Gasteiger partial charge on any atom is 0.534 e. The molecule has 0 spiro atoms. The number of amides is 4. The van der Waals surface area contributed by atoms with Crippen molar-refractivity contribution >= 4 is 86.3 Å². The highest BCUT2D eigenvalue weighted by molar-refractivity contribution is 7.87. The number of alkyl halides is 3. The smallest absolute Gasteiger partial charge is 0.444 e. The lowest BCUT2D eigenvalue weighted by molar-refractivity contribution is -0.147. The molecule has 0 radical (unpaired) electrons. The molecule has 6 rings (SSSR count). The maximum atomic E-state index is 14.0. The molecule has 69 heavy (non-hydrogen) atoms. The Kier molecular flexibility index (Phi) is 18.0. The minimum atomic E-state index is -6.07. The Morgan fingerprint density at radius 1 is 0.710 bits per heavy atom. The van der Waals surface area contributed by atoms with Gasteiger partial charge in [-0.3, -0.25) is 14.4 Å². The second kappa shape index (κ2) is 22.2. The Labute approximate surface area is 421 Å². The van der Waals surface area contributed by atoms with Crippen LogP contribution >= 0.6 is 46.4 Å². The molecule has 0 aromatic heterocycles. The van der Waals surface area contributed by atoms with Crippen LogP contribution in [-0.4, -0.2) is 112 Å². The van der Waals surface area contributed by atoms with Gasteiger partial charge in [-0.15, -0.1) is 0 Å². The third kappa shape index (κ3) is 14.1. The van der Waals surface area contributed by atoms with Crippen molar-refractivity contribution in [2.45, 2.75) is 161 Å². The Morgan fingerprint density at radius 3 is 1.62 bits per heavy atom. The third-order valence-corrected chi connectivity index (χ3v) is 14.3. The van der Waals surface area contributed by atoms with Crippen LogP contribution in [0.4, 0.5) is 22.8 Å². The van der Waals surface area contributed by atoms with Gasteiger partial charge >= 0.3 is 27.8 Å². The van der Waals surface area contributed by atoms with E-state index in [1.165, 1.54) is 9.80 Å². The first kappa shape index (κ1) is 56.0. The molecule has 3 atom stereocenters. The number of carbonyl (C=O) groups is 5. The van der Waals surface area contributed by atoms with Gasteiger partial charge in [0.15, 0.2) is 0 Å². The first-order chi connectivity index (χ1) is 32.0. The average Bonchev–Trinajstić information content (AvgIpc) is 4.18. The standard InChI is InChI=1S/C24H29Cl2F3N2O6S.C23H30Cl2N2O4/c1-5-17-19(21(32)31(15-9-10-15)13-14-7-6-8-16(25)20(14)26)18(37-38(34,35)24(27,28)29)11-12-30(17)22(33)36-23(2,3)4;1-5-17-19(18(28)11-12-26(17)22(30)31-23(2,3)4)21(29)27(15-9-10-15)13-14-7-6-8-16(24)20(14)25/h6-8,15,17H,5,9-13H2,1-4H3;6-8,15,17,19H,5,9-13H2,1-4H3/t17-;17-,19?/m11/s1. The monoisotopic (exact) mass is 1070 g/mol. The Morgan fingerprint density at radius 2 is 1.17 bits per heavy atom. The molecule has 2 heterocycles. The van der Waals surface area contributed by atoms with Crippen molar-refractivity contribution < 1.29 is 59.2 Å². The molecule has 22 heteroatoms. The summed E-state index contributed by atoms with van der Waals surface area (Å²) in [5.74, 6) is -2.68. The molecule has 382 valence electrons. The van der Waals surface area contributed by atoms with Crippen LogP contribution < -0.4 is 0 Å². The number of Topliss-reactive ketones (excluding diaryl/α,β-unsaturated/α-hetero) is 1. The van der Waals surface area contributed by atoms with E-state index < -0.39 is 75.1 Å². The summed E-state index contributed by atoms with van der Waals surface area (Å²) < 4.78 is 79.0. The lowest BCUT2D eigenvalue weighted by Crippen LogP contribution is -2.57. The van der Waals surface area contributed by atoms with Crippen LogP contribution in [0, 0.1) is 5.92 Å². The topological polar surface area (TPSA) is 160 Å². The number of ketones is 1. The Bertz CT molecular complexity index is 2420. The van der Waals surface area contributed by atoms with E-state index in [9.17, 15) is 45.6 Å². The first-order valence-electron chi connectivity index (χ1n) is 22.7. The van der Waals surface area contributed by atoms with E-state index in [0.29, 0.717) is 34.9 Å². The van der Waals surface area contributed by atoms with Crippen molar-refractivity contribution in [2.24, 2.45) is 5.92 Å². The predicted octanol–water partition coefficient (Wildman–Crippen LogP) is 11.1. The molecule has 3 fully saturated rings. The number of piperidine rings is 1. The quantitative estimate of drug-likeness (QED) is 0.114. The molecule has 2 saturated carbocycles. The average molecular weight is 1070 g/mol. The van der Waals surface area contributed by atoms with Crippen LogP contribution in [0.15, 0.2) is 47.7 Å². The second-order valence-corrected chi connectivity index (χ2v) is 22.4. The summed E-state index contributed by atoms with van der Waals surface area (Å²) in [6.07, 6.45) is 2.01. The fourth-order valence-corrected chi connectivity index (χ4v) is 9.46. The van der Waals surface area contributed by atoms with Gasteiger partial charge in [0.1, 0.15) is 28.7 Å². The number of ether oxygens (including phenoxy) is 2. The molecule has 0 N–H and O–H groups in total. The zero-order valence-corrected chi connectivity index (χ0v) is 43.6. The molecule has 14 nitrogen and oxygen atoms in total. The number of carbonyl (C=O) groups excluding carboxylic acids is 5. The highest BCUT2D eigenvalue weighted by Gasteiger charge is 2.52. The third-order valence-electron chi connectivity index (χ3n) is 11.6. The van der Waals surface area contributed by atoms with Crippen LogP contribution in [0.25, 0.3) is 0 Å². The highest BCUT2D eigenvalue weighted by atomic mass is 35.5. The van der Waals surface area contributed by atoms with Crippen molar-refractivity contribution in [3.8, 4) is 0 Å². The van der Waals surface area contributed by atoms with E-state index in [0.717, 1.165) is 18.4 Å². The number of likely N-dealkylation sites (tertiary alicyclic amines) is 1. The minimum Gasteiger partial charge on any atom is -0.444 e. The number of hydrogen-bond donors (Lipinski definition) is 0. The van der Waals surface area contributed by atoms with Crippen LogP contribution in [-0.2, 0) is 51.2 Å². The molecule has 4 amide bonds. The molecule has 0 bridgehead atoms. The van der Waals surface area contributed by atoms with Crippen molar-refractivity contribution in [1.29, 1.82) is 0 Å². The normalized spacial score (nSPS) is 20.2. The summed E-state index contributed by atoms with van der Waals surface area (Å²) in [6, 6.07) is 8.39. The largest absolute Gasteiger partial charge is 0.534 e. The highest BCUT2D eigenvalue weighted by Crippen LogP contribution is 2.40. The van der Waals surface area contributed by atoms with E-state index >= 15 is 0 Å². The molecule has 2 aliphatic carbocycles. The van der Waals surface area contributed by atoms with Gasteiger partial charge in [0.25, 0.3) is 5.91 Å². The first-order valence-corrected chi connectivity index (χ1v) is 25.6. The fraction of sp³-hybridized carbons (Fsp3) is 0.596. The number of hydrogen-bond acceptors (Lipinski definition) is 10. The van der Waals surface area contributed by atoms with Crippen molar-refractivity contribution in [1.82, 2.24) is 19.6 Å². The van der Waals surface area contributed by atoms with E-state index in [1.54, 1.807) is 88.6 Å². The molecule has 4 aliphatic rings. The Balaban J connectivity index is 0.000000263. The fourth-order valence-electron chi connectivity index (χ4n) is 8.17. The number of nitrogens with zero attached hydrogens (tertiary/aromatic N) is 4. The van der Waals surface area contributed by atoms with E-state index in [2.05, 4.69) is 4.18 Å². The van der Waals surface area contributed by atoms with Gasteiger partial charge < -0.3 is 33.3 Å². The maximum absolute atomic E-state index is 14.0. The lowest BCUT2D eigenvalue weighted by Gasteiger charge is -2.41. The summed E-state index contributed by atoms with van der Waals surface area (Å²) in [5, 5.41) is 1.31. The number of halogens is 7. The summed E-state index contributed by atoms with van der Waals surface area (Å²) in [6.45, 7) is 14.1. The van der Waals surface area contributed by atoms with Crippen molar-refractivity contribution in [2.75, 3.05) is 13.1 Å². The van der Waals surface area contributed by atoms with Gasteiger partial charge in [0, 0.05) is 51.1 Å². The second-order valence-electron chi connectivity index (χ2n) is 19.3. The number of benzene rings is 2. The predicted molar refractivity (Wildman–Crippen MR) is 255 cm³/mol. The summed E-state index contributed by atoms with van der Waals surface area (Å²) in [5.41, 5.74) is -6.35. The van der Waals surface area contributed by atoms with Crippen LogP contribution in [0.2, 0.25) is 20.1 Å². The van der Waals surface area contributed by atoms with Gasteiger partial charge in [0.2, 0.25) is 5.91 Å². The van der Waals surface area contributed by atoms with E-state index in [-0.39, 0.29) is 78.4 Å². The molecular weight excluding hydrogens is 1010 g/mol. The molecular formula is C47H59Cl4F3N4O10S. The SMILES string of the molecule is CC[C@@H]1C(C(=O)N(Cc2cccc(Cl)c2Cl)C2CC2)=C(OS(=O)(=O)C(F)(F)F)CCN1C(=O)OC(C)(C)C.CC[C@@H]1C(C(=O)N(Cc2cccc(Cl)c2Cl)C2CC2)C(=O)CCN1C(=O)OC(C)(C)C. The minimum absolute atomic E-state index is 0.0332. The summed E-state index contributed by atoms with van der Waals surface area (Å²) in [7, 11) is -6.07. The van der Waals surface area contributed by atoms with Gasteiger partial charge in [-0.25, -0.2) is 9.59 Å². The zero-order chi connectivity index (χ0) is 51.6. The summed E-state index contributed by atoms with van der Waals surface area (Å²) in [4.78, 5) is 72.2. The van der Waals surface area contributed by atoms with E-state index in [1.807, 2.05) is 13.0 Å².